The zero-order valence-electron chi connectivity index (χ0n) is 20.1. The highest BCUT2D eigenvalue weighted by Crippen LogP contribution is 2.28. The first-order valence-electron chi connectivity index (χ1n) is 11.6. The molecule has 1 aliphatic rings. The summed E-state index contributed by atoms with van der Waals surface area (Å²) in [6.45, 7) is 7.33. The van der Waals surface area contributed by atoms with Crippen LogP contribution in [-0.4, -0.2) is 55.7 Å². The Morgan fingerprint density at radius 3 is 2.14 bits per heavy atom. The third-order valence-corrected chi connectivity index (χ3v) is 5.38. The number of carbonyl (C=O) groups is 2. The smallest absolute Gasteiger partial charge is 0.303 e. The molecule has 35 heavy (non-hydrogen) atoms. The molecule has 2 aromatic carbocycles. The lowest BCUT2D eigenvalue weighted by Crippen LogP contribution is -2.66. The van der Waals surface area contributed by atoms with E-state index >= 15 is 0 Å². The highest BCUT2D eigenvalue weighted by Gasteiger charge is 2.49. The Hall–Kier alpha value is -3.04. The van der Waals surface area contributed by atoms with Gasteiger partial charge in [-0.05, 0) is 11.1 Å². The lowest BCUT2D eigenvalue weighted by Gasteiger charge is -2.45. The van der Waals surface area contributed by atoms with E-state index in [2.05, 4.69) is 11.9 Å². The van der Waals surface area contributed by atoms with Crippen LogP contribution in [0.3, 0.4) is 0 Å². The van der Waals surface area contributed by atoms with E-state index < -0.39 is 36.6 Å². The Labute approximate surface area is 206 Å². The molecule has 8 heteroatoms. The number of carbonyl (C=O) groups excluding carboxylic acids is 2. The van der Waals surface area contributed by atoms with Crippen LogP contribution in [0.1, 0.15) is 25.0 Å². The molecule has 2 aromatic rings. The van der Waals surface area contributed by atoms with Gasteiger partial charge < -0.3 is 29.0 Å². The van der Waals surface area contributed by atoms with Gasteiger partial charge in [-0.2, -0.15) is 0 Å². The van der Waals surface area contributed by atoms with Gasteiger partial charge in [-0.15, -0.1) is 6.58 Å². The minimum atomic E-state index is -0.866. The summed E-state index contributed by atoms with van der Waals surface area (Å²) < 4.78 is 29.9. The summed E-state index contributed by atoms with van der Waals surface area (Å²) in [5.74, 6) is -0.786. The predicted molar refractivity (Wildman–Crippen MR) is 129 cm³/mol. The van der Waals surface area contributed by atoms with Gasteiger partial charge in [0.15, 0.2) is 12.4 Å². The van der Waals surface area contributed by atoms with Crippen molar-refractivity contribution in [1.29, 1.82) is 0 Å². The average Bonchev–Trinajstić information content (AvgIpc) is 2.84. The molecule has 1 aliphatic heterocycles. The summed E-state index contributed by atoms with van der Waals surface area (Å²) in [5, 5.41) is 2.85. The largest absolute Gasteiger partial charge is 0.457 e. The van der Waals surface area contributed by atoms with Crippen LogP contribution in [0.15, 0.2) is 73.3 Å². The number of benzene rings is 2. The second-order valence-corrected chi connectivity index (χ2v) is 8.23. The van der Waals surface area contributed by atoms with Gasteiger partial charge in [0.05, 0.1) is 26.4 Å². The lowest BCUT2D eigenvalue weighted by molar-refractivity contribution is -0.282. The number of hydrogen-bond donors (Lipinski definition) is 1. The summed E-state index contributed by atoms with van der Waals surface area (Å²) in [6, 6.07) is 18.6. The maximum atomic E-state index is 12.1. The molecule has 1 amide bonds. The molecule has 1 fully saturated rings. The van der Waals surface area contributed by atoms with Gasteiger partial charge in [-0.25, -0.2) is 0 Å². The normalized spacial score (nSPS) is 23.9. The third kappa shape index (κ3) is 8.29. The molecule has 0 bridgehead atoms. The molecular formula is C27H33NO7. The van der Waals surface area contributed by atoms with E-state index in [4.69, 9.17) is 23.7 Å². The zero-order chi connectivity index (χ0) is 25.0. The fourth-order valence-electron chi connectivity index (χ4n) is 3.90. The maximum Gasteiger partial charge on any atom is 0.303 e. The van der Waals surface area contributed by atoms with E-state index in [9.17, 15) is 9.59 Å². The topological polar surface area (TPSA) is 92.3 Å². The second-order valence-electron chi connectivity index (χ2n) is 8.23. The van der Waals surface area contributed by atoms with Gasteiger partial charge in [0.25, 0.3) is 0 Å². The van der Waals surface area contributed by atoms with Crippen LogP contribution < -0.4 is 5.32 Å². The number of rotatable bonds is 12. The average molecular weight is 484 g/mol. The van der Waals surface area contributed by atoms with Crippen LogP contribution in [0.25, 0.3) is 0 Å². The first-order valence-corrected chi connectivity index (χ1v) is 11.6. The van der Waals surface area contributed by atoms with E-state index in [1.165, 1.54) is 13.8 Å². The Morgan fingerprint density at radius 2 is 1.57 bits per heavy atom. The standard InChI is InChI=1S/C27H33NO7/c1-4-15-32-27-24(28-19(2)29)26(33-17-22-13-9-6-10-14-22)25(34-20(3)30)23(35-27)18-31-16-21-11-7-5-8-12-21/h4-14,23-27H,1,15-18H2,2-3H3,(H,28,29)/t23-,24-,25-,26-,27-/m1/s1. The minimum absolute atomic E-state index is 0.124. The van der Waals surface area contributed by atoms with Crippen LogP contribution in [0.5, 0.6) is 0 Å². The molecule has 0 aromatic heterocycles. The molecular weight excluding hydrogens is 450 g/mol. The quantitative estimate of drug-likeness (QED) is 0.366. The summed E-state index contributed by atoms with van der Waals surface area (Å²) in [6.07, 6.45) is -1.56. The summed E-state index contributed by atoms with van der Waals surface area (Å²) in [4.78, 5) is 24.1. The minimum Gasteiger partial charge on any atom is -0.457 e. The van der Waals surface area contributed by atoms with Gasteiger partial charge in [0, 0.05) is 13.8 Å². The van der Waals surface area contributed by atoms with Gasteiger partial charge in [-0.3, -0.25) is 9.59 Å². The molecule has 0 spiro atoms. The van der Waals surface area contributed by atoms with Crippen molar-refractivity contribution in [2.45, 2.75) is 57.7 Å². The molecule has 1 N–H and O–H groups in total. The molecule has 3 rings (SSSR count). The van der Waals surface area contributed by atoms with Crippen molar-refractivity contribution in [3.63, 3.8) is 0 Å². The van der Waals surface area contributed by atoms with Gasteiger partial charge in [-0.1, -0.05) is 66.7 Å². The summed E-state index contributed by atoms with van der Waals surface area (Å²) in [5.41, 5.74) is 1.93. The summed E-state index contributed by atoms with van der Waals surface area (Å²) >= 11 is 0. The Morgan fingerprint density at radius 1 is 0.943 bits per heavy atom. The van der Waals surface area contributed by atoms with E-state index in [0.29, 0.717) is 6.61 Å². The Bertz CT molecular complexity index is 937. The van der Waals surface area contributed by atoms with E-state index in [1.807, 2.05) is 60.7 Å². The van der Waals surface area contributed by atoms with Crippen molar-refractivity contribution < 1.29 is 33.3 Å². The molecule has 0 radical (unpaired) electrons. The molecule has 1 saturated heterocycles. The highest BCUT2D eigenvalue weighted by molar-refractivity contribution is 5.73. The SMILES string of the molecule is C=CCO[C@@H]1O[C@H](COCc2ccccc2)[C@@H](OC(C)=O)[C@H](OCc2ccccc2)[C@H]1NC(C)=O. The van der Waals surface area contributed by atoms with Crippen molar-refractivity contribution >= 4 is 11.9 Å². The van der Waals surface area contributed by atoms with Crippen molar-refractivity contribution in [2.75, 3.05) is 13.2 Å². The molecule has 5 atom stereocenters. The Kier molecular flexibility index (Phi) is 10.4. The molecule has 188 valence electrons. The highest BCUT2D eigenvalue weighted by atomic mass is 16.7. The number of hydrogen-bond acceptors (Lipinski definition) is 7. The fourth-order valence-corrected chi connectivity index (χ4v) is 3.90. The fraction of sp³-hybridized carbons (Fsp3) is 0.407. The van der Waals surface area contributed by atoms with E-state index in [1.54, 1.807) is 6.08 Å². The zero-order valence-corrected chi connectivity index (χ0v) is 20.1. The maximum absolute atomic E-state index is 12.1. The van der Waals surface area contributed by atoms with Crippen LogP contribution in [0.4, 0.5) is 0 Å². The molecule has 0 saturated carbocycles. The van der Waals surface area contributed by atoms with Crippen LogP contribution in [0, 0.1) is 0 Å². The first-order chi connectivity index (χ1) is 17.0. The van der Waals surface area contributed by atoms with E-state index in [0.717, 1.165) is 11.1 Å². The monoisotopic (exact) mass is 483 g/mol. The molecule has 0 unspecified atom stereocenters. The van der Waals surface area contributed by atoms with Crippen LogP contribution in [0.2, 0.25) is 0 Å². The van der Waals surface area contributed by atoms with Crippen molar-refractivity contribution in [1.82, 2.24) is 5.32 Å². The second kappa shape index (κ2) is 13.7. The predicted octanol–water partition coefficient (Wildman–Crippen LogP) is 3.15. The number of nitrogens with one attached hydrogen (secondary N) is 1. The third-order valence-electron chi connectivity index (χ3n) is 5.38. The first kappa shape index (κ1) is 26.6. The molecule has 8 nitrogen and oxygen atoms in total. The number of esters is 1. The summed E-state index contributed by atoms with van der Waals surface area (Å²) in [7, 11) is 0. The lowest BCUT2D eigenvalue weighted by atomic mass is 9.96. The van der Waals surface area contributed by atoms with Gasteiger partial charge in [0.1, 0.15) is 18.2 Å². The van der Waals surface area contributed by atoms with Crippen LogP contribution >= 0.6 is 0 Å². The van der Waals surface area contributed by atoms with Gasteiger partial charge in [0.2, 0.25) is 5.91 Å². The van der Waals surface area contributed by atoms with Gasteiger partial charge >= 0.3 is 5.97 Å². The molecule has 0 aliphatic carbocycles. The number of ether oxygens (including phenoxy) is 5. The number of amides is 1. The van der Waals surface area contributed by atoms with Crippen molar-refractivity contribution in [3.8, 4) is 0 Å². The molecule has 1 heterocycles. The van der Waals surface area contributed by atoms with Crippen molar-refractivity contribution in [3.05, 3.63) is 84.4 Å². The van der Waals surface area contributed by atoms with E-state index in [-0.39, 0.29) is 25.7 Å². The Balaban J connectivity index is 1.84. The van der Waals surface area contributed by atoms with Crippen LogP contribution in [-0.2, 0) is 46.5 Å². The van der Waals surface area contributed by atoms with Crippen molar-refractivity contribution in [2.24, 2.45) is 0 Å².